The lowest BCUT2D eigenvalue weighted by molar-refractivity contribution is 0.661. The maximum atomic E-state index is 2.47. The van der Waals surface area contributed by atoms with E-state index >= 15 is 0 Å². The average molecular weight is 1160 g/mol. The Hall–Kier alpha value is -9.94. The molecule has 20 rings (SSSR count). The van der Waals surface area contributed by atoms with Crippen molar-refractivity contribution in [3.63, 3.8) is 0 Å². The van der Waals surface area contributed by atoms with Gasteiger partial charge in [0.15, 0.2) is 0 Å². The number of benzene rings is 14. The molecule has 1 nitrogen and oxygen atoms in total. The molecule has 4 heteroatoms. The highest BCUT2D eigenvalue weighted by Gasteiger charge is 2.40. The molecule has 17 aromatic rings. The Morgan fingerprint density at radius 3 is 1.28 bits per heavy atom. The van der Waals surface area contributed by atoms with Gasteiger partial charge >= 0.3 is 0 Å². The molecule has 0 amide bonds. The van der Waals surface area contributed by atoms with Gasteiger partial charge < -0.3 is 4.90 Å². The second-order valence-electron chi connectivity index (χ2n) is 24.1. The van der Waals surface area contributed by atoms with E-state index in [0.717, 1.165) is 17.1 Å². The molecule has 406 valence electrons. The van der Waals surface area contributed by atoms with Crippen molar-refractivity contribution in [3.05, 3.63) is 284 Å². The Kier molecular flexibility index (Phi) is 10.5. The van der Waals surface area contributed by atoms with Gasteiger partial charge in [-0.25, -0.2) is 0 Å². The third-order valence-electron chi connectivity index (χ3n) is 19.2. The van der Waals surface area contributed by atoms with Gasteiger partial charge in [0.25, 0.3) is 0 Å². The number of hydrogen-bond donors (Lipinski definition) is 0. The van der Waals surface area contributed by atoms with Crippen LogP contribution in [0.1, 0.15) is 25.0 Å². The first kappa shape index (κ1) is 49.3. The summed E-state index contributed by atoms with van der Waals surface area (Å²) < 4.78 is 8.22. The summed E-state index contributed by atoms with van der Waals surface area (Å²) in [7, 11) is 0. The zero-order valence-corrected chi connectivity index (χ0v) is 50.1. The Morgan fingerprint density at radius 2 is 0.655 bits per heavy atom. The summed E-state index contributed by atoms with van der Waals surface area (Å²) in [6, 6.07) is 101. The standard InChI is InChI=1S/C43H28S.C40H23NS2/c1-43(2)34-18-8-16-30-31-17-9-19-36-39(31)42-37(44-36)24-33(32-20-21-35(43)41(38(30)34)40(32)42)29-15-7-14-28(23-29)27-13-6-12-26(22-27)25-10-4-3-5-11-25;1-3-9-25(10-4-1)41(26-11-5-2-6-12-26)27-19-17-24(18-20-27)31-23-35-40-37-29(14-8-16-33(37)43-35)28-13-7-15-32-36(28)39-34(42-32)22-21-30(31)38(39)40/h3-24H,1-2H3;1-23H. The molecule has 3 heterocycles. The second kappa shape index (κ2) is 18.5. The summed E-state index contributed by atoms with van der Waals surface area (Å²) in [5, 5.41) is 14.1. The van der Waals surface area contributed by atoms with Gasteiger partial charge in [-0.1, -0.05) is 202 Å². The topological polar surface area (TPSA) is 3.24 Å². The predicted octanol–water partition coefficient (Wildman–Crippen LogP) is 25.2. The van der Waals surface area contributed by atoms with E-state index in [4.69, 9.17) is 0 Å². The maximum absolute atomic E-state index is 2.47. The molecule has 3 aromatic heterocycles. The van der Waals surface area contributed by atoms with Gasteiger partial charge in [0, 0.05) is 88.4 Å². The summed E-state index contributed by atoms with van der Waals surface area (Å²) in [6.07, 6.45) is 0. The van der Waals surface area contributed by atoms with Gasteiger partial charge in [-0.05, 0) is 190 Å². The van der Waals surface area contributed by atoms with Crippen LogP contribution in [0.3, 0.4) is 0 Å². The van der Waals surface area contributed by atoms with Crippen LogP contribution < -0.4 is 4.90 Å². The van der Waals surface area contributed by atoms with Crippen molar-refractivity contribution in [2.45, 2.75) is 19.3 Å². The number of thiophene rings is 3. The normalized spacial score (nSPS) is 13.0. The van der Waals surface area contributed by atoms with E-state index in [1.807, 2.05) is 34.0 Å². The SMILES string of the molecule is CC1(C)c2cccc3c2-c2c1ccc1c(-c4cccc(-c5cccc(-c6ccccc6)c5)c4)cc4sc5cccc-3c5c4c21.c1ccc(N(c2ccccc2)c2ccc(-c3cc4sc5cccc6c5c4c4c3ccc3sc5cccc-6c5c34)cc2)cc1. The molecule has 0 atom stereocenters. The predicted molar refractivity (Wildman–Crippen MR) is 379 cm³/mol. The van der Waals surface area contributed by atoms with E-state index in [-0.39, 0.29) is 5.41 Å². The lowest BCUT2D eigenvalue weighted by Crippen LogP contribution is -2.14. The van der Waals surface area contributed by atoms with E-state index in [9.17, 15) is 0 Å². The van der Waals surface area contributed by atoms with Crippen LogP contribution in [0.5, 0.6) is 0 Å². The minimum atomic E-state index is -0.0394. The zero-order chi connectivity index (χ0) is 57.2. The van der Waals surface area contributed by atoms with Crippen molar-refractivity contribution in [2.75, 3.05) is 4.90 Å². The Labute approximate surface area is 515 Å². The lowest BCUT2D eigenvalue weighted by atomic mass is 9.80. The molecule has 0 aliphatic heterocycles. The molecule has 3 aliphatic rings. The van der Waals surface area contributed by atoms with E-state index in [0.29, 0.717) is 0 Å². The number of hydrogen-bond acceptors (Lipinski definition) is 4. The molecule has 0 fully saturated rings. The van der Waals surface area contributed by atoms with Crippen molar-refractivity contribution in [1.82, 2.24) is 0 Å². The molecular weight excluding hydrogens is 1110 g/mol. The summed E-state index contributed by atoms with van der Waals surface area (Å²) in [5.41, 5.74) is 24.8. The van der Waals surface area contributed by atoms with E-state index in [1.54, 1.807) is 0 Å². The summed E-state index contributed by atoms with van der Waals surface area (Å²) in [4.78, 5) is 2.32. The van der Waals surface area contributed by atoms with Crippen LogP contribution in [0.4, 0.5) is 17.1 Å². The monoisotopic (exact) mass is 1160 g/mol. The van der Waals surface area contributed by atoms with Crippen LogP contribution in [0.2, 0.25) is 0 Å². The fourth-order valence-corrected chi connectivity index (χ4v) is 18.8. The van der Waals surface area contributed by atoms with Crippen molar-refractivity contribution in [1.29, 1.82) is 0 Å². The summed E-state index contributed by atoms with van der Waals surface area (Å²) >= 11 is 5.79. The summed E-state index contributed by atoms with van der Waals surface area (Å²) in [6.45, 7) is 4.80. The molecule has 3 aliphatic carbocycles. The van der Waals surface area contributed by atoms with E-state index < -0.39 is 0 Å². The molecule has 87 heavy (non-hydrogen) atoms. The van der Waals surface area contributed by atoms with Gasteiger partial charge in [0.1, 0.15) is 0 Å². The van der Waals surface area contributed by atoms with Gasteiger partial charge in [-0.2, -0.15) is 0 Å². The van der Waals surface area contributed by atoms with Crippen LogP contribution in [-0.2, 0) is 5.41 Å². The quantitative estimate of drug-likeness (QED) is 0.154. The van der Waals surface area contributed by atoms with Crippen molar-refractivity contribution >= 4 is 133 Å². The van der Waals surface area contributed by atoms with Crippen LogP contribution >= 0.6 is 34.0 Å². The number of fused-ring (bicyclic) bond motifs is 2. The van der Waals surface area contributed by atoms with Crippen molar-refractivity contribution in [3.8, 4) is 77.9 Å². The molecule has 0 bridgehead atoms. The Balaban J connectivity index is 0.000000127. The second-order valence-corrected chi connectivity index (χ2v) is 27.4. The van der Waals surface area contributed by atoms with Crippen LogP contribution in [0.25, 0.3) is 160 Å². The highest BCUT2D eigenvalue weighted by Crippen LogP contribution is 2.61. The maximum Gasteiger partial charge on any atom is 0.0462 e. The van der Waals surface area contributed by atoms with Gasteiger partial charge in [0.05, 0.1) is 0 Å². The molecule has 0 unspecified atom stereocenters. The first-order chi connectivity index (χ1) is 42.9. The largest absolute Gasteiger partial charge is 0.311 e. The highest BCUT2D eigenvalue weighted by atomic mass is 32.1. The van der Waals surface area contributed by atoms with E-state index in [2.05, 4.69) is 292 Å². The number of nitrogens with zero attached hydrogens (tertiary/aromatic N) is 1. The fraction of sp³-hybridized carbons (Fsp3) is 0.0361. The molecule has 0 spiro atoms. The minimum Gasteiger partial charge on any atom is -0.311 e. The van der Waals surface area contributed by atoms with Gasteiger partial charge in [-0.3, -0.25) is 0 Å². The first-order valence-electron chi connectivity index (χ1n) is 30.0. The zero-order valence-electron chi connectivity index (χ0n) is 47.7. The molecule has 0 radical (unpaired) electrons. The first-order valence-corrected chi connectivity index (χ1v) is 32.5. The van der Waals surface area contributed by atoms with E-state index in [1.165, 1.54) is 171 Å². The van der Waals surface area contributed by atoms with Gasteiger partial charge in [-0.15, -0.1) is 34.0 Å². The summed E-state index contributed by atoms with van der Waals surface area (Å²) in [5.74, 6) is 0. The molecular formula is C83H51NS3. The third-order valence-corrected chi connectivity index (χ3v) is 22.5. The fourth-order valence-electron chi connectivity index (χ4n) is 15.3. The average Bonchev–Trinajstić information content (AvgIpc) is 1.58. The number of rotatable bonds is 7. The Morgan fingerprint density at radius 1 is 0.241 bits per heavy atom. The molecule has 14 aromatic carbocycles. The van der Waals surface area contributed by atoms with Crippen LogP contribution in [-0.4, -0.2) is 0 Å². The van der Waals surface area contributed by atoms with Gasteiger partial charge in [0.2, 0.25) is 0 Å². The van der Waals surface area contributed by atoms with Crippen molar-refractivity contribution in [2.24, 2.45) is 0 Å². The number of anilines is 3. The molecule has 0 N–H and O–H groups in total. The lowest BCUT2D eigenvalue weighted by Gasteiger charge is -2.25. The van der Waals surface area contributed by atoms with Crippen molar-refractivity contribution < 1.29 is 0 Å². The van der Waals surface area contributed by atoms with Crippen LogP contribution in [0, 0.1) is 0 Å². The highest BCUT2D eigenvalue weighted by molar-refractivity contribution is 7.27. The molecule has 0 saturated carbocycles. The molecule has 0 saturated heterocycles. The Bertz CT molecular complexity index is 5700. The minimum absolute atomic E-state index is 0.0394. The number of para-hydroxylation sites is 2. The van der Waals surface area contributed by atoms with Crippen LogP contribution in [0.15, 0.2) is 273 Å². The third kappa shape index (κ3) is 7.12. The smallest absolute Gasteiger partial charge is 0.0462 e.